The largest absolute Gasteiger partial charge is 0.305 e. The monoisotopic (exact) mass is 269 g/mol. The number of nitrogens with zero attached hydrogens (tertiary/aromatic N) is 2. The van der Waals surface area contributed by atoms with Gasteiger partial charge in [0.05, 0.1) is 12.4 Å². The fourth-order valence-corrected chi connectivity index (χ4v) is 1.35. The molecule has 0 spiro atoms. The number of nitrogens with one attached hydrogen (secondary N) is 1. The lowest BCUT2D eigenvalue weighted by atomic mass is 10.2. The van der Waals surface area contributed by atoms with Crippen LogP contribution >= 0.6 is 11.6 Å². The summed E-state index contributed by atoms with van der Waals surface area (Å²) in [4.78, 5) is 19.1. The molecule has 0 aliphatic rings. The van der Waals surface area contributed by atoms with Crippen LogP contribution in [0.1, 0.15) is 10.4 Å². The summed E-state index contributed by atoms with van der Waals surface area (Å²) in [6.07, 6.45) is 2.47. The zero-order chi connectivity index (χ0) is 13.1. The van der Waals surface area contributed by atoms with Gasteiger partial charge in [-0.3, -0.25) is 4.79 Å². The van der Waals surface area contributed by atoms with Gasteiger partial charge in [0.15, 0.2) is 5.82 Å². The van der Waals surface area contributed by atoms with Crippen LogP contribution < -0.4 is 5.32 Å². The molecule has 0 fully saturated rings. The Bertz CT molecular complexity index is 569. The van der Waals surface area contributed by atoms with E-state index in [1.165, 1.54) is 12.4 Å². The number of anilines is 1. The van der Waals surface area contributed by atoms with Crippen molar-refractivity contribution in [1.82, 2.24) is 9.97 Å². The maximum atomic E-state index is 12.9. The second-order valence-electron chi connectivity index (χ2n) is 3.34. The third-order valence-corrected chi connectivity index (χ3v) is 2.18. The van der Waals surface area contributed by atoms with Crippen molar-refractivity contribution < 1.29 is 13.6 Å². The minimum Gasteiger partial charge on any atom is -0.305 e. The van der Waals surface area contributed by atoms with E-state index >= 15 is 0 Å². The van der Waals surface area contributed by atoms with Crippen LogP contribution in [0.15, 0.2) is 30.6 Å². The molecule has 0 saturated carbocycles. The average Bonchev–Trinajstić information content (AvgIpc) is 2.31. The summed E-state index contributed by atoms with van der Waals surface area (Å²) in [5, 5.41) is 2.51. The van der Waals surface area contributed by atoms with Crippen LogP contribution in [0.25, 0.3) is 0 Å². The Hall–Kier alpha value is -2.08. The van der Waals surface area contributed by atoms with Gasteiger partial charge in [-0.15, -0.1) is 0 Å². The highest BCUT2D eigenvalue weighted by molar-refractivity contribution is 6.29. The third kappa shape index (κ3) is 2.98. The van der Waals surface area contributed by atoms with Crippen molar-refractivity contribution in [3.05, 3.63) is 52.9 Å². The molecule has 18 heavy (non-hydrogen) atoms. The van der Waals surface area contributed by atoms with Crippen molar-refractivity contribution in [3.8, 4) is 0 Å². The van der Waals surface area contributed by atoms with E-state index < -0.39 is 17.5 Å². The lowest BCUT2D eigenvalue weighted by molar-refractivity contribution is 0.102. The van der Waals surface area contributed by atoms with Crippen LogP contribution in [0.2, 0.25) is 5.15 Å². The summed E-state index contributed by atoms with van der Waals surface area (Å²) >= 11 is 5.52. The molecule has 2 aromatic rings. The lowest BCUT2D eigenvalue weighted by Gasteiger charge is -2.04. The Morgan fingerprint density at radius 2 is 1.78 bits per heavy atom. The molecule has 1 aromatic heterocycles. The Morgan fingerprint density at radius 1 is 1.11 bits per heavy atom. The van der Waals surface area contributed by atoms with Gasteiger partial charge in [0.2, 0.25) is 0 Å². The molecule has 0 unspecified atom stereocenters. The quantitative estimate of drug-likeness (QED) is 0.912. The van der Waals surface area contributed by atoms with E-state index in [4.69, 9.17) is 11.6 Å². The topological polar surface area (TPSA) is 54.9 Å². The number of aromatic nitrogens is 2. The van der Waals surface area contributed by atoms with Gasteiger partial charge in [-0.05, 0) is 12.1 Å². The van der Waals surface area contributed by atoms with Crippen molar-refractivity contribution in [1.29, 1.82) is 0 Å². The predicted octanol–water partition coefficient (Wildman–Crippen LogP) is 2.66. The van der Waals surface area contributed by atoms with E-state index in [9.17, 15) is 13.6 Å². The first kappa shape index (κ1) is 12.4. The van der Waals surface area contributed by atoms with Crippen LogP contribution in [-0.4, -0.2) is 15.9 Å². The van der Waals surface area contributed by atoms with E-state index in [1.807, 2.05) is 0 Å². The second-order valence-corrected chi connectivity index (χ2v) is 3.72. The van der Waals surface area contributed by atoms with Crippen molar-refractivity contribution in [3.63, 3.8) is 0 Å². The molecular weight excluding hydrogens is 264 g/mol. The molecule has 7 heteroatoms. The molecule has 0 saturated heterocycles. The summed E-state index contributed by atoms with van der Waals surface area (Å²) < 4.78 is 25.8. The minimum atomic E-state index is -0.831. The van der Waals surface area contributed by atoms with Gasteiger partial charge in [0.25, 0.3) is 5.91 Å². The summed E-state index contributed by atoms with van der Waals surface area (Å²) in [5.41, 5.74) is -0.149. The fourth-order valence-electron chi connectivity index (χ4n) is 1.25. The molecular formula is C11H6ClF2N3O. The molecule has 1 heterocycles. The Balaban J connectivity index is 2.19. The summed E-state index contributed by atoms with van der Waals surface area (Å²) in [5.74, 6) is -2.22. The summed E-state index contributed by atoms with van der Waals surface area (Å²) in [7, 11) is 0. The lowest BCUT2D eigenvalue weighted by Crippen LogP contribution is -2.13. The molecule has 2 rings (SSSR count). The molecule has 0 radical (unpaired) electrons. The van der Waals surface area contributed by atoms with E-state index in [1.54, 1.807) is 0 Å². The van der Waals surface area contributed by atoms with Crippen molar-refractivity contribution in [2.75, 3.05) is 5.32 Å². The first-order valence-corrected chi connectivity index (χ1v) is 5.17. The van der Waals surface area contributed by atoms with Crippen molar-refractivity contribution in [2.24, 2.45) is 0 Å². The maximum Gasteiger partial charge on any atom is 0.257 e. The number of carbonyl (C=O) groups excluding carboxylic acids is 1. The Morgan fingerprint density at radius 3 is 2.33 bits per heavy atom. The standard InChI is InChI=1S/C11H6ClF2N3O/c12-9-4-16-10(5-15-9)17-11(18)6-1-7(13)3-8(14)2-6/h1-5H,(H,16,17,18). The van der Waals surface area contributed by atoms with Gasteiger partial charge in [-0.1, -0.05) is 11.6 Å². The highest BCUT2D eigenvalue weighted by Crippen LogP contribution is 2.11. The van der Waals surface area contributed by atoms with Gasteiger partial charge in [0.1, 0.15) is 16.8 Å². The number of halogens is 3. The highest BCUT2D eigenvalue weighted by atomic mass is 35.5. The van der Waals surface area contributed by atoms with Gasteiger partial charge < -0.3 is 5.32 Å². The van der Waals surface area contributed by atoms with E-state index in [2.05, 4.69) is 15.3 Å². The zero-order valence-electron chi connectivity index (χ0n) is 8.82. The molecule has 0 aliphatic heterocycles. The smallest absolute Gasteiger partial charge is 0.257 e. The molecule has 92 valence electrons. The highest BCUT2D eigenvalue weighted by Gasteiger charge is 2.10. The van der Waals surface area contributed by atoms with E-state index in [0.717, 1.165) is 12.1 Å². The predicted molar refractivity (Wildman–Crippen MR) is 61.4 cm³/mol. The van der Waals surface area contributed by atoms with Crippen LogP contribution in [0.3, 0.4) is 0 Å². The number of benzene rings is 1. The third-order valence-electron chi connectivity index (χ3n) is 1.99. The number of rotatable bonds is 2. The first-order chi connectivity index (χ1) is 8.54. The van der Waals surface area contributed by atoms with Crippen molar-refractivity contribution in [2.45, 2.75) is 0 Å². The number of hydrogen-bond donors (Lipinski definition) is 1. The Kier molecular flexibility index (Phi) is 3.47. The molecule has 1 amide bonds. The molecule has 0 bridgehead atoms. The molecule has 1 N–H and O–H groups in total. The van der Waals surface area contributed by atoms with Gasteiger partial charge >= 0.3 is 0 Å². The number of carbonyl (C=O) groups is 1. The molecule has 0 atom stereocenters. The van der Waals surface area contributed by atoms with E-state index in [0.29, 0.717) is 6.07 Å². The zero-order valence-corrected chi connectivity index (χ0v) is 9.58. The minimum absolute atomic E-state index is 0.133. The molecule has 0 aliphatic carbocycles. The van der Waals surface area contributed by atoms with Crippen LogP contribution in [0.5, 0.6) is 0 Å². The van der Waals surface area contributed by atoms with Crippen LogP contribution in [0, 0.1) is 11.6 Å². The Labute approximate surface area is 106 Å². The second kappa shape index (κ2) is 5.05. The number of amides is 1. The maximum absolute atomic E-state index is 12.9. The fraction of sp³-hybridized carbons (Fsp3) is 0. The first-order valence-electron chi connectivity index (χ1n) is 4.79. The normalized spacial score (nSPS) is 10.2. The molecule has 4 nitrogen and oxygen atoms in total. The van der Waals surface area contributed by atoms with Gasteiger partial charge in [-0.2, -0.15) is 0 Å². The van der Waals surface area contributed by atoms with Crippen LogP contribution in [-0.2, 0) is 0 Å². The SMILES string of the molecule is O=C(Nc1cnc(Cl)cn1)c1cc(F)cc(F)c1. The van der Waals surface area contributed by atoms with E-state index in [-0.39, 0.29) is 16.5 Å². The van der Waals surface area contributed by atoms with Crippen molar-refractivity contribution >= 4 is 23.3 Å². The van der Waals surface area contributed by atoms with Gasteiger partial charge in [0, 0.05) is 11.6 Å². The summed E-state index contributed by atoms with van der Waals surface area (Å²) in [6.45, 7) is 0. The average molecular weight is 270 g/mol. The van der Waals surface area contributed by atoms with Gasteiger partial charge in [-0.25, -0.2) is 18.7 Å². The van der Waals surface area contributed by atoms with Crippen LogP contribution in [0.4, 0.5) is 14.6 Å². The summed E-state index contributed by atoms with van der Waals surface area (Å²) in [6, 6.07) is 2.52. The number of hydrogen-bond acceptors (Lipinski definition) is 3. The molecule has 1 aromatic carbocycles.